The molecule has 7 heteroatoms. The average molecular weight is 329 g/mol. The number of amides is 1. The Bertz CT molecular complexity index is 524. The summed E-state index contributed by atoms with van der Waals surface area (Å²) in [6, 6.07) is 3.63. The standard InChI is InChI=1S/C15H20FNO4S/c1-20-13-5-4-10(8-11(13)16)9-14(18)17-12(6-7-22-3)15(19)21-2/h4-5,8,12H,6-7,9H2,1-3H3,(H,17,18)/t12-/m0/s1. The van der Waals surface area contributed by atoms with Crippen LogP contribution in [0.2, 0.25) is 0 Å². The van der Waals surface area contributed by atoms with E-state index in [0.717, 1.165) is 5.75 Å². The SMILES string of the molecule is COC(=O)[C@H](CCSC)NC(=O)Cc1ccc(OC)c(F)c1. The Morgan fingerprint density at radius 3 is 2.64 bits per heavy atom. The number of carbonyl (C=O) groups is 2. The monoisotopic (exact) mass is 329 g/mol. The summed E-state index contributed by atoms with van der Waals surface area (Å²) in [4.78, 5) is 23.6. The minimum atomic E-state index is -0.687. The highest BCUT2D eigenvalue weighted by Gasteiger charge is 2.21. The molecule has 0 unspecified atom stereocenters. The van der Waals surface area contributed by atoms with Gasteiger partial charge >= 0.3 is 5.97 Å². The summed E-state index contributed by atoms with van der Waals surface area (Å²) in [5.74, 6) is -0.530. The summed E-state index contributed by atoms with van der Waals surface area (Å²) in [5, 5.41) is 2.62. The number of hydrogen-bond acceptors (Lipinski definition) is 5. The highest BCUT2D eigenvalue weighted by Crippen LogP contribution is 2.18. The van der Waals surface area contributed by atoms with Crippen LogP contribution in [0.3, 0.4) is 0 Å². The summed E-state index contributed by atoms with van der Waals surface area (Å²) in [5.41, 5.74) is 0.504. The van der Waals surface area contributed by atoms with Gasteiger partial charge in [-0.15, -0.1) is 0 Å². The van der Waals surface area contributed by atoms with Gasteiger partial charge in [0.05, 0.1) is 20.6 Å². The molecule has 1 aromatic rings. The lowest BCUT2D eigenvalue weighted by molar-refractivity contribution is -0.145. The van der Waals surface area contributed by atoms with Crippen molar-refractivity contribution < 1.29 is 23.5 Å². The molecule has 0 bridgehead atoms. The zero-order valence-electron chi connectivity index (χ0n) is 12.8. The van der Waals surface area contributed by atoms with Gasteiger partial charge in [-0.05, 0) is 36.1 Å². The minimum Gasteiger partial charge on any atom is -0.494 e. The van der Waals surface area contributed by atoms with Gasteiger partial charge in [-0.1, -0.05) is 6.07 Å². The first kappa shape index (κ1) is 18.3. The number of rotatable bonds is 8. The van der Waals surface area contributed by atoms with Crippen LogP contribution < -0.4 is 10.1 Å². The van der Waals surface area contributed by atoms with Crippen LogP contribution in [0.15, 0.2) is 18.2 Å². The number of carbonyl (C=O) groups excluding carboxylic acids is 2. The van der Waals surface area contributed by atoms with Crippen LogP contribution in [-0.4, -0.2) is 44.1 Å². The van der Waals surface area contributed by atoms with Gasteiger partial charge in [-0.25, -0.2) is 9.18 Å². The first-order valence-corrected chi connectivity index (χ1v) is 8.09. The van der Waals surface area contributed by atoms with Gasteiger partial charge in [0.1, 0.15) is 6.04 Å². The van der Waals surface area contributed by atoms with Crippen molar-refractivity contribution in [2.24, 2.45) is 0 Å². The highest BCUT2D eigenvalue weighted by atomic mass is 32.2. The molecule has 0 aliphatic heterocycles. The quantitative estimate of drug-likeness (QED) is 0.737. The third-order valence-electron chi connectivity index (χ3n) is 3.01. The molecule has 1 rings (SSSR count). The van der Waals surface area contributed by atoms with Gasteiger partial charge in [-0.2, -0.15) is 11.8 Å². The Labute approximate surface area is 133 Å². The lowest BCUT2D eigenvalue weighted by atomic mass is 10.1. The lowest BCUT2D eigenvalue weighted by Gasteiger charge is -2.16. The van der Waals surface area contributed by atoms with E-state index in [1.807, 2.05) is 6.26 Å². The molecule has 0 aromatic heterocycles. The third-order valence-corrected chi connectivity index (χ3v) is 3.66. The summed E-state index contributed by atoms with van der Waals surface area (Å²) < 4.78 is 23.1. The number of halogens is 1. The predicted octanol–water partition coefficient (Wildman–Crippen LogP) is 1.79. The number of nitrogens with one attached hydrogen (secondary N) is 1. The van der Waals surface area contributed by atoms with E-state index in [1.54, 1.807) is 17.8 Å². The summed E-state index contributed by atoms with van der Waals surface area (Å²) in [6.45, 7) is 0. The van der Waals surface area contributed by atoms with Crippen molar-refractivity contribution in [2.45, 2.75) is 18.9 Å². The molecule has 1 atom stereocenters. The molecule has 122 valence electrons. The molecule has 1 N–H and O–H groups in total. The number of thioether (sulfide) groups is 1. The fourth-order valence-electron chi connectivity index (χ4n) is 1.88. The van der Waals surface area contributed by atoms with Gasteiger partial charge in [0.15, 0.2) is 11.6 Å². The molecule has 0 aliphatic carbocycles. The maximum Gasteiger partial charge on any atom is 0.328 e. The smallest absolute Gasteiger partial charge is 0.328 e. The minimum absolute atomic E-state index is 0.0202. The van der Waals surface area contributed by atoms with Crippen molar-refractivity contribution in [1.29, 1.82) is 0 Å². The maximum absolute atomic E-state index is 13.6. The van der Waals surface area contributed by atoms with Crippen LogP contribution >= 0.6 is 11.8 Å². The molecule has 0 aliphatic rings. The molecule has 0 heterocycles. The van der Waals surface area contributed by atoms with Crippen LogP contribution in [-0.2, 0) is 20.7 Å². The van der Waals surface area contributed by atoms with E-state index in [1.165, 1.54) is 26.4 Å². The van der Waals surface area contributed by atoms with Crippen LogP contribution in [0.1, 0.15) is 12.0 Å². The summed E-state index contributed by atoms with van der Waals surface area (Å²) in [6.07, 6.45) is 2.38. The fraction of sp³-hybridized carbons (Fsp3) is 0.467. The van der Waals surface area contributed by atoms with Crippen molar-refractivity contribution in [1.82, 2.24) is 5.32 Å². The Kier molecular flexibility index (Phi) is 7.73. The van der Waals surface area contributed by atoms with Gasteiger partial charge in [-0.3, -0.25) is 4.79 Å². The van der Waals surface area contributed by atoms with Crippen LogP contribution in [0, 0.1) is 5.82 Å². The molecule has 5 nitrogen and oxygen atoms in total. The average Bonchev–Trinajstić information content (AvgIpc) is 2.50. The maximum atomic E-state index is 13.6. The summed E-state index contributed by atoms with van der Waals surface area (Å²) in [7, 11) is 2.65. The number of hydrogen-bond donors (Lipinski definition) is 1. The van der Waals surface area contributed by atoms with Gasteiger partial charge in [0.25, 0.3) is 0 Å². The predicted molar refractivity (Wildman–Crippen MR) is 83.6 cm³/mol. The highest BCUT2D eigenvalue weighted by molar-refractivity contribution is 7.98. The molecule has 0 fully saturated rings. The van der Waals surface area contributed by atoms with Crippen molar-refractivity contribution in [2.75, 3.05) is 26.2 Å². The third kappa shape index (κ3) is 5.55. The molecule has 0 saturated heterocycles. The molecule has 1 amide bonds. The van der Waals surface area contributed by atoms with E-state index in [9.17, 15) is 14.0 Å². The van der Waals surface area contributed by atoms with Crippen LogP contribution in [0.5, 0.6) is 5.75 Å². The van der Waals surface area contributed by atoms with Crippen molar-refractivity contribution in [3.05, 3.63) is 29.6 Å². The molecule has 1 aromatic carbocycles. The second-order valence-electron chi connectivity index (χ2n) is 4.57. The van der Waals surface area contributed by atoms with E-state index in [4.69, 9.17) is 4.74 Å². The second kappa shape index (κ2) is 9.30. The normalized spacial score (nSPS) is 11.6. The van der Waals surface area contributed by atoms with Gasteiger partial charge < -0.3 is 14.8 Å². The zero-order chi connectivity index (χ0) is 16.5. The van der Waals surface area contributed by atoms with E-state index < -0.39 is 17.8 Å². The number of esters is 1. The first-order valence-electron chi connectivity index (χ1n) is 6.70. The molecule has 22 heavy (non-hydrogen) atoms. The van der Waals surface area contributed by atoms with E-state index in [-0.39, 0.29) is 18.1 Å². The first-order chi connectivity index (χ1) is 10.5. The van der Waals surface area contributed by atoms with Gasteiger partial charge in [0, 0.05) is 0 Å². The Morgan fingerprint density at radius 2 is 2.09 bits per heavy atom. The molecular formula is C15H20FNO4S. The van der Waals surface area contributed by atoms with Crippen LogP contribution in [0.25, 0.3) is 0 Å². The molecule has 0 radical (unpaired) electrons. The Morgan fingerprint density at radius 1 is 1.36 bits per heavy atom. The van der Waals surface area contributed by atoms with Crippen molar-refractivity contribution in [3.63, 3.8) is 0 Å². The van der Waals surface area contributed by atoms with E-state index in [2.05, 4.69) is 10.1 Å². The summed E-state index contributed by atoms with van der Waals surface area (Å²) >= 11 is 1.57. The topological polar surface area (TPSA) is 64.6 Å². The van der Waals surface area contributed by atoms with E-state index >= 15 is 0 Å². The molecule has 0 spiro atoms. The Balaban J connectivity index is 2.66. The van der Waals surface area contributed by atoms with E-state index in [0.29, 0.717) is 12.0 Å². The second-order valence-corrected chi connectivity index (χ2v) is 5.56. The fourth-order valence-corrected chi connectivity index (χ4v) is 2.35. The molecule has 0 saturated carbocycles. The number of ether oxygens (including phenoxy) is 2. The number of methoxy groups -OCH3 is 2. The van der Waals surface area contributed by atoms with Gasteiger partial charge in [0.2, 0.25) is 5.91 Å². The number of benzene rings is 1. The Hall–Kier alpha value is -1.76. The largest absolute Gasteiger partial charge is 0.494 e. The van der Waals surface area contributed by atoms with Crippen LogP contribution in [0.4, 0.5) is 4.39 Å². The molecular weight excluding hydrogens is 309 g/mol. The lowest BCUT2D eigenvalue weighted by Crippen LogP contribution is -2.42. The van der Waals surface area contributed by atoms with Crippen molar-refractivity contribution in [3.8, 4) is 5.75 Å². The van der Waals surface area contributed by atoms with Crippen molar-refractivity contribution >= 4 is 23.6 Å². The zero-order valence-corrected chi connectivity index (χ0v) is 13.7.